The van der Waals surface area contributed by atoms with Crippen LogP contribution in [0.4, 0.5) is 0 Å². The van der Waals surface area contributed by atoms with Crippen molar-refractivity contribution in [2.24, 2.45) is 5.92 Å². The van der Waals surface area contributed by atoms with E-state index in [1.54, 1.807) is 13.8 Å². The molecule has 2 rings (SSSR count). The zero-order chi connectivity index (χ0) is 15.6. The van der Waals surface area contributed by atoms with Crippen molar-refractivity contribution >= 4 is 22.3 Å². The molecule has 1 atom stereocenters. The lowest BCUT2D eigenvalue weighted by atomic mass is 10.2. The highest BCUT2D eigenvalue weighted by molar-refractivity contribution is 7.16. The second kappa shape index (κ2) is 6.31. The van der Waals surface area contributed by atoms with Crippen molar-refractivity contribution in [1.82, 2.24) is 19.5 Å². The molecule has 0 saturated carbocycles. The Balaban J connectivity index is 2.20. The Labute approximate surface area is 125 Å². The predicted octanol–water partition coefficient (Wildman–Crippen LogP) is 1.00. The van der Waals surface area contributed by atoms with Crippen molar-refractivity contribution < 1.29 is 9.90 Å². The summed E-state index contributed by atoms with van der Waals surface area (Å²) in [5, 5.41) is 14.0. The molecule has 21 heavy (non-hydrogen) atoms. The molecule has 0 aromatic carbocycles. The molecule has 0 radical (unpaired) electrons. The lowest BCUT2D eigenvalue weighted by Crippen LogP contribution is -2.31. The summed E-state index contributed by atoms with van der Waals surface area (Å²) in [5.41, 5.74) is 0.476. The van der Waals surface area contributed by atoms with E-state index in [1.807, 2.05) is 11.8 Å². The average molecular weight is 310 g/mol. The van der Waals surface area contributed by atoms with Crippen LogP contribution in [0, 0.1) is 12.8 Å². The molecule has 1 N–H and O–H groups in total. The number of carboxylic acid groups (broad SMARTS) is 1. The second-order valence-corrected chi connectivity index (χ2v) is 6.03. The van der Waals surface area contributed by atoms with E-state index >= 15 is 0 Å². The van der Waals surface area contributed by atoms with Crippen LogP contribution in [0.3, 0.4) is 0 Å². The van der Waals surface area contributed by atoms with Crippen LogP contribution in [0.25, 0.3) is 4.96 Å². The minimum absolute atomic E-state index is 0.193. The molecule has 2 heterocycles. The Morgan fingerprint density at radius 1 is 1.57 bits per heavy atom. The maximum Gasteiger partial charge on any atom is 0.307 e. The predicted molar refractivity (Wildman–Crippen MR) is 79.6 cm³/mol. The largest absolute Gasteiger partial charge is 0.481 e. The van der Waals surface area contributed by atoms with Crippen molar-refractivity contribution in [2.45, 2.75) is 27.3 Å². The topological polar surface area (TPSA) is 87.8 Å². The van der Waals surface area contributed by atoms with Gasteiger partial charge in [0.1, 0.15) is 5.01 Å². The highest BCUT2D eigenvalue weighted by atomic mass is 32.1. The number of aliphatic carboxylic acids is 1. The normalized spacial score (nSPS) is 13.0. The zero-order valence-electron chi connectivity index (χ0n) is 12.2. The maximum absolute atomic E-state index is 11.8. The number of aromatic nitrogens is 3. The van der Waals surface area contributed by atoms with Crippen LogP contribution in [-0.2, 0) is 11.3 Å². The third-order valence-corrected chi connectivity index (χ3v) is 4.07. The van der Waals surface area contributed by atoms with Gasteiger partial charge in [-0.3, -0.25) is 14.5 Å². The fraction of sp³-hybridized carbons (Fsp3) is 0.538. The minimum Gasteiger partial charge on any atom is -0.481 e. The zero-order valence-corrected chi connectivity index (χ0v) is 13.1. The molecule has 8 heteroatoms. The summed E-state index contributed by atoms with van der Waals surface area (Å²) < 4.78 is 1.29. The first kappa shape index (κ1) is 15.6. The quantitative estimate of drug-likeness (QED) is 0.856. The molecule has 0 aliphatic rings. The number of hydrogen-bond acceptors (Lipinski definition) is 6. The van der Waals surface area contributed by atoms with Gasteiger partial charge in [-0.1, -0.05) is 25.2 Å². The molecule has 1 unspecified atom stereocenters. The molecule has 0 aliphatic heterocycles. The van der Waals surface area contributed by atoms with Crippen LogP contribution in [0.5, 0.6) is 0 Å². The fourth-order valence-corrected chi connectivity index (χ4v) is 2.97. The van der Waals surface area contributed by atoms with E-state index in [0.717, 1.165) is 11.6 Å². The molecule has 114 valence electrons. The van der Waals surface area contributed by atoms with Gasteiger partial charge in [-0.15, -0.1) is 0 Å². The van der Waals surface area contributed by atoms with Gasteiger partial charge in [0.05, 0.1) is 12.5 Å². The maximum atomic E-state index is 11.8. The van der Waals surface area contributed by atoms with Gasteiger partial charge < -0.3 is 5.11 Å². The summed E-state index contributed by atoms with van der Waals surface area (Å²) in [7, 11) is 0. The van der Waals surface area contributed by atoms with E-state index in [-0.39, 0.29) is 5.56 Å². The summed E-state index contributed by atoms with van der Waals surface area (Å²) in [6.07, 6.45) is 0. The van der Waals surface area contributed by atoms with E-state index in [9.17, 15) is 9.59 Å². The van der Waals surface area contributed by atoms with Crippen LogP contribution in [0.2, 0.25) is 0 Å². The van der Waals surface area contributed by atoms with E-state index in [1.165, 1.54) is 21.9 Å². The Morgan fingerprint density at radius 3 is 2.90 bits per heavy atom. The van der Waals surface area contributed by atoms with Crippen molar-refractivity contribution in [2.75, 3.05) is 13.1 Å². The van der Waals surface area contributed by atoms with Crippen molar-refractivity contribution in [3.8, 4) is 0 Å². The minimum atomic E-state index is -0.814. The number of carboxylic acids is 1. The molecule has 0 aliphatic carbocycles. The number of rotatable bonds is 6. The average Bonchev–Trinajstić information content (AvgIpc) is 2.80. The number of carbonyl (C=O) groups is 1. The van der Waals surface area contributed by atoms with Crippen LogP contribution < -0.4 is 5.56 Å². The molecular weight excluding hydrogens is 292 g/mol. The van der Waals surface area contributed by atoms with Crippen molar-refractivity contribution in [3.63, 3.8) is 0 Å². The van der Waals surface area contributed by atoms with E-state index < -0.39 is 11.9 Å². The molecule has 0 bridgehead atoms. The van der Waals surface area contributed by atoms with Crippen molar-refractivity contribution in [3.05, 3.63) is 27.1 Å². The smallest absolute Gasteiger partial charge is 0.307 e. The molecule has 2 aromatic rings. The van der Waals surface area contributed by atoms with Crippen LogP contribution in [0.1, 0.15) is 24.5 Å². The lowest BCUT2D eigenvalue weighted by molar-refractivity contribution is -0.141. The number of aryl methyl sites for hydroxylation is 1. The Morgan fingerprint density at radius 2 is 2.29 bits per heavy atom. The third-order valence-electron chi connectivity index (χ3n) is 3.17. The van der Waals surface area contributed by atoms with Gasteiger partial charge in [-0.25, -0.2) is 4.98 Å². The second-order valence-electron chi connectivity index (χ2n) is 4.99. The van der Waals surface area contributed by atoms with Gasteiger partial charge in [0.15, 0.2) is 0 Å². The monoisotopic (exact) mass is 310 g/mol. The van der Waals surface area contributed by atoms with Gasteiger partial charge in [0.25, 0.3) is 5.56 Å². The summed E-state index contributed by atoms with van der Waals surface area (Å²) in [6, 6.07) is 1.45. The molecule has 0 amide bonds. The SMILES string of the molecule is CCN(Cc1nn2c(=O)cc(C)nc2s1)CC(C)C(=O)O. The number of fused-ring (bicyclic) bond motifs is 1. The summed E-state index contributed by atoms with van der Waals surface area (Å²) in [4.78, 5) is 29.6. The Kier molecular flexibility index (Phi) is 4.69. The highest BCUT2D eigenvalue weighted by Crippen LogP contribution is 2.14. The van der Waals surface area contributed by atoms with E-state index in [0.29, 0.717) is 23.7 Å². The van der Waals surface area contributed by atoms with Crippen LogP contribution in [-0.4, -0.2) is 43.7 Å². The molecule has 2 aromatic heterocycles. The summed E-state index contributed by atoms with van der Waals surface area (Å²) in [6.45, 7) is 7.10. The van der Waals surface area contributed by atoms with Crippen LogP contribution in [0.15, 0.2) is 10.9 Å². The molecule has 0 fully saturated rings. The van der Waals surface area contributed by atoms with Gasteiger partial charge in [-0.2, -0.15) is 9.61 Å². The fourth-order valence-electron chi connectivity index (χ4n) is 1.99. The Bertz CT molecular complexity index is 709. The van der Waals surface area contributed by atoms with Gasteiger partial charge in [0.2, 0.25) is 4.96 Å². The lowest BCUT2D eigenvalue weighted by Gasteiger charge is -2.20. The van der Waals surface area contributed by atoms with Gasteiger partial charge >= 0.3 is 5.97 Å². The van der Waals surface area contributed by atoms with Crippen LogP contribution >= 0.6 is 11.3 Å². The van der Waals surface area contributed by atoms with Gasteiger partial charge in [-0.05, 0) is 13.5 Å². The van der Waals surface area contributed by atoms with Gasteiger partial charge in [0, 0.05) is 18.3 Å². The Hall–Kier alpha value is -1.80. The molecular formula is C13H18N4O3S. The first-order valence-corrected chi connectivity index (χ1v) is 7.54. The number of hydrogen-bond donors (Lipinski definition) is 1. The first-order chi connectivity index (χ1) is 9.90. The van der Waals surface area contributed by atoms with Crippen molar-refractivity contribution in [1.29, 1.82) is 0 Å². The standard InChI is InChI=1S/C13H18N4O3S/c1-4-16(6-8(2)12(19)20)7-10-15-17-11(18)5-9(3)14-13(17)21-10/h5,8H,4,6-7H2,1-3H3,(H,19,20). The van der Waals surface area contributed by atoms with E-state index in [4.69, 9.17) is 5.11 Å². The summed E-state index contributed by atoms with van der Waals surface area (Å²) >= 11 is 1.36. The third kappa shape index (κ3) is 3.64. The molecule has 0 saturated heterocycles. The molecule has 7 nitrogen and oxygen atoms in total. The molecule has 0 spiro atoms. The van der Waals surface area contributed by atoms with E-state index in [2.05, 4.69) is 10.1 Å². The first-order valence-electron chi connectivity index (χ1n) is 6.72. The number of nitrogens with zero attached hydrogens (tertiary/aromatic N) is 4. The summed E-state index contributed by atoms with van der Waals surface area (Å²) in [5.74, 6) is -1.26. The highest BCUT2D eigenvalue weighted by Gasteiger charge is 2.17.